The molecular formula is C15H14BrClN2. The number of pyridine rings is 1. The summed E-state index contributed by atoms with van der Waals surface area (Å²) in [7, 11) is 0. The van der Waals surface area contributed by atoms with Crippen molar-refractivity contribution in [1.29, 1.82) is 0 Å². The Labute approximate surface area is 126 Å². The van der Waals surface area contributed by atoms with Gasteiger partial charge in [0.15, 0.2) is 0 Å². The predicted molar refractivity (Wildman–Crippen MR) is 81.6 cm³/mol. The number of aromatic nitrogens is 1. The summed E-state index contributed by atoms with van der Waals surface area (Å²) in [4.78, 5) is 4.24. The quantitative estimate of drug-likeness (QED) is 0.926. The Morgan fingerprint density at radius 2 is 2.11 bits per heavy atom. The van der Waals surface area contributed by atoms with Gasteiger partial charge in [0.2, 0.25) is 0 Å². The zero-order chi connectivity index (χ0) is 13.3. The molecule has 2 nitrogen and oxygen atoms in total. The summed E-state index contributed by atoms with van der Waals surface area (Å²) < 4.78 is 1.03. The van der Waals surface area contributed by atoms with Gasteiger partial charge < -0.3 is 5.32 Å². The highest BCUT2D eigenvalue weighted by atomic mass is 79.9. The molecule has 0 bridgehead atoms. The van der Waals surface area contributed by atoms with E-state index in [1.807, 2.05) is 24.5 Å². The molecular weight excluding hydrogens is 324 g/mol. The van der Waals surface area contributed by atoms with Gasteiger partial charge in [-0.25, -0.2) is 0 Å². The fourth-order valence-electron chi connectivity index (χ4n) is 2.62. The second kappa shape index (κ2) is 5.23. The molecule has 0 atom stereocenters. The molecule has 0 spiro atoms. The highest BCUT2D eigenvalue weighted by Gasteiger charge is 2.38. The van der Waals surface area contributed by atoms with Crippen LogP contribution in [0.1, 0.15) is 11.1 Å². The van der Waals surface area contributed by atoms with Gasteiger partial charge in [0.05, 0.1) is 0 Å². The van der Waals surface area contributed by atoms with Crippen LogP contribution in [0, 0.1) is 0 Å². The van der Waals surface area contributed by atoms with Gasteiger partial charge in [-0.2, -0.15) is 0 Å². The van der Waals surface area contributed by atoms with Gasteiger partial charge >= 0.3 is 0 Å². The van der Waals surface area contributed by atoms with Crippen molar-refractivity contribution >= 4 is 27.5 Å². The van der Waals surface area contributed by atoms with E-state index in [1.54, 1.807) is 0 Å². The van der Waals surface area contributed by atoms with Gasteiger partial charge in [-0.1, -0.05) is 23.7 Å². The molecule has 1 fully saturated rings. The molecule has 0 radical (unpaired) electrons. The lowest BCUT2D eigenvalue weighted by Gasteiger charge is -2.43. The van der Waals surface area contributed by atoms with E-state index >= 15 is 0 Å². The largest absolute Gasteiger partial charge is 0.315 e. The highest BCUT2D eigenvalue weighted by Crippen LogP contribution is 2.34. The minimum atomic E-state index is 0.146. The molecule has 2 aromatic rings. The van der Waals surface area contributed by atoms with E-state index in [1.165, 1.54) is 11.1 Å². The first-order valence-corrected chi connectivity index (χ1v) is 7.41. The van der Waals surface area contributed by atoms with Crippen molar-refractivity contribution < 1.29 is 0 Å². The molecule has 0 unspecified atom stereocenters. The molecule has 0 saturated carbocycles. The van der Waals surface area contributed by atoms with Gasteiger partial charge in [0.25, 0.3) is 0 Å². The molecule has 3 rings (SSSR count). The van der Waals surface area contributed by atoms with Gasteiger partial charge in [-0.15, -0.1) is 0 Å². The van der Waals surface area contributed by atoms with Crippen LogP contribution in [0.25, 0.3) is 0 Å². The number of rotatable bonds is 3. The van der Waals surface area contributed by atoms with Crippen LogP contribution < -0.4 is 5.32 Å². The minimum Gasteiger partial charge on any atom is -0.315 e. The molecule has 98 valence electrons. The average molecular weight is 338 g/mol. The zero-order valence-electron chi connectivity index (χ0n) is 10.4. The van der Waals surface area contributed by atoms with E-state index < -0.39 is 0 Å². The Hall–Kier alpha value is -0.900. The van der Waals surface area contributed by atoms with E-state index in [0.29, 0.717) is 0 Å². The van der Waals surface area contributed by atoms with Crippen LogP contribution in [-0.4, -0.2) is 18.1 Å². The van der Waals surface area contributed by atoms with Crippen molar-refractivity contribution in [1.82, 2.24) is 10.3 Å². The second-order valence-corrected chi connectivity index (χ2v) is 6.43. The van der Waals surface area contributed by atoms with Crippen LogP contribution in [0.15, 0.2) is 47.2 Å². The summed E-state index contributed by atoms with van der Waals surface area (Å²) in [6.07, 6.45) is 4.73. The molecule has 1 saturated heterocycles. The number of halogens is 2. The molecule has 4 heteroatoms. The third-order valence-electron chi connectivity index (χ3n) is 3.67. The highest BCUT2D eigenvalue weighted by molar-refractivity contribution is 9.10. The lowest BCUT2D eigenvalue weighted by Crippen LogP contribution is -2.58. The molecule has 0 amide bonds. The van der Waals surface area contributed by atoms with Crippen LogP contribution in [0.4, 0.5) is 0 Å². The molecule has 19 heavy (non-hydrogen) atoms. The van der Waals surface area contributed by atoms with Crippen molar-refractivity contribution in [2.24, 2.45) is 0 Å². The van der Waals surface area contributed by atoms with E-state index in [0.717, 1.165) is 29.0 Å². The Morgan fingerprint density at radius 3 is 2.74 bits per heavy atom. The lowest BCUT2D eigenvalue weighted by atomic mass is 9.71. The SMILES string of the molecule is Clc1cccc(C2(Cc3cncc(Br)c3)CNC2)c1. The van der Waals surface area contributed by atoms with Crippen molar-refractivity contribution in [3.05, 3.63) is 63.3 Å². The summed E-state index contributed by atoms with van der Waals surface area (Å²) in [6.45, 7) is 1.97. The minimum absolute atomic E-state index is 0.146. The maximum absolute atomic E-state index is 6.12. The number of benzene rings is 1. The van der Waals surface area contributed by atoms with E-state index in [4.69, 9.17) is 11.6 Å². The van der Waals surface area contributed by atoms with Crippen LogP contribution in [0.3, 0.4) is 0 Å². The first kappa shape index (κ1) is 13.1. The second-order valence-electron chi connectivity index (χ2n) is 5.08. The number of hydrogen-bond donors (Lipinski definition) is 1. The maximum Gasteiger partial charge on any atom is 0.0410 e. The molecule has 1 aromatic heterocycles. The summed E-state index contributed by atoms with van der Waals surface area (Å²) in [5.41, 5.74) is 2.70. The smallest absolute Gasteiger partial charge is 0.0410 e. The molecule has 0 aliphatic carbocycles. The zero-order valence-corrected chi connectivity index (χ0v) is 12.7. The Morgan fingerprint density at radius 1 is 1.26 bits per heavy atom. The summed E-state index contributed by atoms with van der Waals surface area (Å²) >= 11 is 9.60. The predicted octanol–water partition coefficient (Wildman–Crippen LogP) is 3.58. The van der Waals surface area contributed by atoms with Crippen molar-refractivity contribution in [3.8, 4) is 0 Å². The number of nitrogens with zero attached hydrogens (tertiary/aromatic N) is 1. The van der Waals surface area contributed by atoms with E-state index in [-0.39, 0.29) is 5.41 Å². The Kier molecular flexibility index (Phi) is 3.61. The van der Waals surface area contributed by atoms with Crippen LogP contribution in [-0.2, 0) is 11.8 Å². The third kappa shape index (κ3) is 2.69. The fraction of sp³-hybridized carbons (Fsp3) is 0.267. The molecule has 2 heterocycles. The van der Waals surface area contributed by atoms with Gasteiger partial charge in [0.1, 0.15) is 0 Å². The normalized spacial score (nSPS) is 16.9. The molecule has 1 aliphatic heterocycles. The maximum atomic E-state index is 6.12. The Bertz CT molecular complexity index is 596. The van der Waals surface area contributed by atoms with Gasteiger partial charge in [-0.05, 0) is 51.7 Å². The van der Waals surface area contributed by atoms with Crippen molar-refractivity contribution in [2.75, 3.05) is 13.1 Å². The van der Waals surface area contributed by atoms with Crippen LogP contribution in [0.2, 0.25) is 5.02 Å². The van der Waals surface area contributed by atoms with Crippen LogP contribution in [0.5, 0.6) is 0 Å². The number of nitrogens with one attached hydrogen (secondary N) is 1. The topological polar surface area (TPSA) is 24.9 Å². The molecule has 1 aliphatic rings. The van der Waals surface area contributed by atoms with E-state index in [9.17, 15) is 0 Å². The van der Waals surface area contributed by atoms with E-state index in [2.05, 4.69) is 44.4 Å². The number of hydrogen-bond acceptors (Lipinski definition) is 2. The standard InChI is InChI=1S/C15H14BrClN2/c16-13-4-11(7-18-8-13)6-15(9-19-10-15)12-2-1-3-14(17)5-12/h1-5,7-8,19H,6,9-10H2. The van der Waals surface area contributed by atoms with Gasteiger partial charge in [0, 0.05) is 40.4 Å². The first-order chi connectivity index (χ1) is 9.18. The third-order valence-corrected chi connectivity index (χ3v) is 4.34. The van der Waals surface area contributed by atoms with Crippen molar-refractivity contribution in [3.63, 3.8) is 0 Å². The Balaban J connectivity index is 1.91. The monoisotopic (exact) mass is 336 g/mol. The molecule has 1 N–H and O–H groups in total. The van der Waals surface area contributed by atoms with Crippen molar-refractivity contribution in [2.45, 2.75) is 11.8 Å². The summed E-state index contributed by atoms with van der Waals surface area (Å²) in [6, 6.07) is 10.3. The fourth-order valence-corrected chi connectivity index (χ4v) is 3.22. The van der Waals surface area contributed by atoms with Gasteiger partial charge in [-0.3, -0.25) is 4.98 Å². The lowest BCUT2D eigenvalue weighted by molar-refractivity contribution is 0.274. The first-order valence-electron chi connectivity index (χ1n) is 6.24. The van der Waals surface area contributed by atoms with Crippen LogP contribution >= 0.6 is 27.5 Å². The summed E-state index contributed by atoms with van der Waals surface area (Å²) in [5.74, 6) is 0. The average Bonchev–Trinajstić information content (AvgIpc) is 2.34. The molecule has 1 aromatic carbocycles. The summed E-state index contributed by atoms with van der Waals surface area (Å²) in [5, 5.41) is 4.18.